The normalized spacial score (nSPS) is 11.9. The van der Waals surface area contributed by atoms with E-state index in [1.54, 1.807) is 10.7 Å². The summed E-state index contributed by atoms with van der Waals surface area (Å²) in [4.78, 5) is 16.9. The fourth-order valence-corrected chi connectivity index (χ4v) is 3.16. The molecule has 4 heterocycles. The summed E-state index contributed by atoms with van der Waals surface area (Å²) < 4.78 is 42.7. The van der Waals surface area contributed by atoms with Gasteiger partial charge in [0.1, 0.15) is 5.56 Å². The number of rotatable bonds is 4. The zero-order valence-corrected chi connectivity index (χ0v) is 16.2. The maximum absolute atomic E-state index is 13.1. The van der Waals surface area contributed by atoms with Crippen molar-refractivity contribution in [2.75, 3.05) is 5.32 Å². The van der Waals surface area contributed by atoms with Crippen LogP contribution < -0.4 is 5.32 Å². The predicted molar refractivity (Wildman–Crippen MR) is 101 cm³/mol. The van der Waals surface area contributed by atoms with E-state index in [1.165, 1.54) is 23.8 Å². The summed E-state index contributed by atoms with van der Waals surface area (Å²) >= 11 is 0. The second kappa shape index (κ2) is 6.97. The number of nitrogens with zero attached hydrogens (tertiary/aromatic N) is 6. The first-order valence-electron chi connectivity index (χ1n) is 9.01. The summed E-state index contributed by atoms with van der Waals surface area (Å²) in [6.07, 6.45) is -0.0771. The number of hydrogen-bond donors (Lipinski definition) is 2. The van der Waals surface area contributed by atoms with Crippen LogP contribution in [-0.4, -0.2) is 40.5 Å². The number of amides is 1. The van der Waals surface area contributed by atoms with Gasteiger partial charge in [-0.25, -0.2) is 9.50 Å². The quantitative estimate of drug-likeness (QED) is 0.529. The Morgan fingerprint density at radius 1 is 1.30 bits per heavy atom. The summed E-state index contributed by atoms with van der Waals surface area (Å²) in [5.41, 5.74) is 0.952. The highest BCUT2D eigenvalue weighted by atomic mass is 19.4. The lowest BCUT2D eigenvalue weighted by Gasteiger charge is -2.08. The molecular weight excluding hydrogens is 401 g/mol. The van der Waals surface area contributed by atoms with Crippen molar-refractivity contribution in [2.45, 2.75) is 33.5 Å². The Balaban J connectivity index is 1.74. The molecule has 156 valence electrons. The van der Waals surface area contributed by atoms with Crippen LogP contribution in [0.3, 0.4) is 0 Å². The molecule has 0 aliphatic heterocycles. The smallest absolute Gasteiger partial charge is 0.318 e. The molecular formula is C18H17F3N8O. The Morgan fingerprint density at radius 2 is 2.07 bits per heavy atom. The van der Waals surface area contributed by atoms with Gasteiger partial charge in [-0.15, -0.1) is 0 Å². The number of halogens is 3. The van der Waals surface area contributed by atoms with Gasteiger partial charge < -0.3 is 5.32 Å². The minimum Gasteiger partial charge on any atom is -0.318 e. The molecule has 0 aliphatic rings. The van der Waals surface area contributed by atoms with Crippen LogP contribution in [0.4, 0.5) is 18.9 Å². The highest BCUT2D eigenvalue weighted by Crippen LogP contribution is 2.35. The van der Waals surface area contributed by atoms with E-state index in [1.807, 2.05) is 20.0 Å². The summed E-state index contributed by atoms with van der Waals surface area (Å²) in [5.74, 6) is -0.773. The van der Waals surface area contributed by atoms with Crippen LogP contribution in [0, 0.1) is 13.8 Å². The Kier molecular flexibility index (Phi) is 4.56. The fraction of sp³-hybridized carbons (Fsp3) is 0.278. The third-order valence-electron chi connectivity index (χ3n) is 4.65. The highest BCUT2D eigenvalue weighted by molar-refractivity contribution is 6.08. The molecule has 0 unspecified atom stereocenters. The van der Waals surface area contributed by atoms with E-state index in [2.05, 4.69) is 30.7 Å². The SMILES string of the molecule is CCn1cc(-c2ccnc3c(C(=O)Nc4c(C(F)(F)F)n[nH]c4C)cnn23)c(C)n1. The van der Waals surface area contributed by atoms with Crippen LogP contribution in [0.2, 0.25) is 0 Å². The molecule has 0 aromatic carbocycles. The van der Waals surface area contributed by atoms with E-state index in [0.717, 1.165) is 11.3 Å². The predicted octanol–water partition coefficient (Wildman–Crippen LogP) is 3.22. The third kappa shape index (κ3) is 3.19. The van der Waals surface area contributed by atoms with E-state index < -0.39 is 23.5 Å². The fourth-order valence-electron chi connectivity index (χ4n) is 3.16. The van der Waals surface area contributed by atoms with Crippen LogP contribution in [-0.2, 0) is 12.7 Å². The van der Waals surface area contributed by atoms with Crippen molar-refractivity contribution >= 4 is 17.2 Å². The molecule has 4 rings (SSSR count). The zero-order valence-electron chi connectivity index (χ0n) is 16.2. The van der Waals surface area contributed by atoms with E-state index in [-0.39, 0.29) is 16.9 Å². The average molecular weight is 418 g/mol. The molecule has 4 aromatic heterocycles. The van der Waals surface area contributed by atoms with Gasteiger partial charge >= 0.3 is 6.18 Å². The molecule has 1 amide bonds. The van der Waals surface area contributed by atoms with E-state index in [0.29, 0.717) is 12.2 Å². The van der Waals surface area contributed by atoms with Gasteiger partial charge in [-0.1, -0.05) is 0 Å². The molecule has 2 N–H and O–H groups in total. The number of fused-ring (bicyclic) bond motifs is 1. The molecule has 0 spiro atoms. The number of alkyl halides is 3. The second-order valence-electron chi connectivity index (χ2n) is 6.63. The Hall–Kier alpha value is -3.70. The molecule has 0 bridgehead atoms. The van der Waals surface area contributed by atoms with Crippen molar-refractivity contribution in [3.05, 3.63) is 47.3 Å². The topological polar surface area (TPSA) is 106 Å². The number of anilines is 1. The summed E-state index contributed by atoms with van der Waals surface area (Å²) in [6, 6.07) is 1.73. The van der Waals surface area contributed by atoms with Crippen LogP contribution >= 0.6 is 0 Å². The van der Waals surface area contributed by atoms with Gasteiger partial charge in [-0.05, 0) is 26.8 Å². The van der Waals surface area contributed by atoms with Crippen molar-refractivity contribution in [3.8, 4) is 11.3 Å². The lowest BCUT2D eigenvalue weighted by molar-refractivity contribution is -0.140. The van der Waals surface area contributed by atoms with Gasteiger partial charge in [0.15, 0.2) is 11.3 Å². The maximum Gasteiger partial charge on any atom is 0.437 e. The Labute approximate surface area is 167 Å². The first kappa shape index (κ1) is 19.6. The largest absolute Gasteiger partial charge is 0.437 e. The van der Waals surface area contributed by atoms with Crippen LogP contribution in [0.5, 0.6) is 0 Å². The lowest BCUT2D eigenvalue weighted by atomic mass is 10.2. The van der Waals surface area contributed by atoms with Crippen LogP contribution in [0.15, 0.2) is 24.7 Å². The molecule has 0 radical (unpaired) electrons. The van der Waals surface area contributed by atoms with Gasteiger partial charge in [0.25, 0.3) is 5.91 Å². The third-order valence-corrected chi connectivity index (χ3v) is 4.65. The number of carbonyl (C=O) groups is 1. The Bertz CT molecular complexity index is 1250. The zero-order chi connectivity index (χ0) is 21.6. The maximum atomic E-state index is 13.1. The van der Waals surface area contributed by atoms with E-state index in [4.69, 9.17) is 0 Å². The number of carbonyl (C=O) groups excluding carboxylic acids is 1. The highest BCUT2D eigenvalue weighted by Gasteiger charge is 2.38. The van der Waals surface area contributed by atoms with Gasteiger partial charge in [-0.3, -0.25) is 14.6 Å². The molecule has 30 heavy (non-hydrogen) atoms. The van der Waals surface area contributed by atoms with Crippen molar-refractivity contribution < 1.29 is 18.0 Å². The monoisotopic (exact) mass is 418 g/mol. The summed E-state index contributed by atoms with van der Waals surface area (Å²) in [5, 5.41) is 16.4. The first-order valence-corrected chi connectivity index (χ1v) is 9.01. The first-order chi connectivity index (χ1) is 14.2. The standard InChI is InChI=1S/C18H17F3N8O/c1-4-28-8-12(9(2)27-28)13-5-6-22-16-11(7-23-29(13)16)17(30)24-14-10(3)25-26-15(14)18(19,20)21/h5-8H,4H2,1-3H3,(H,24,30)(H,25,26). The molecule has 4 aromatic rings. The Morgan fingerprint density at radius 3 is 2.73 bits per heavy atom. The second-order valence-corrected chi connectivity index (χ2v) is 6.63. The number of H-pyrrole nitrogens is 1. The minimum absolute atomic E-state index is 0.0334. The van der Waals surface area contributed by atoms with Gasteiger partial charge in [-0.2, -0.15) is 28.5 Å². The number of aryl methyl sites for hydroxylation is 3. The lowest BCUT2D eigenvalue weighted by Crippen LogP contribution is -2.16. The summed E-state index contributed by atoms with van der Waals surface area (Å²) in [7, 11) is 0. The number of nitrogens with one attached hydrogen (secondary N) is 2. The van der Waals surface area contributed by atoms with Crippen molar-refractivity contribution in [2.24, 2.45) is 0 Å². The van der Waals surface area contributed by atoms with Crippen LogP contribution in [0.25, 0.3) is 16.9 Å². The van der Waals surface area contributed by atoms with Gasteiger partial charge in [0.2, 0.25) is 0 Å². The van der Waals surface area contributed by atoms with E-state index >= 15 is 0 Å². The molecule has 0 saturated carbocycles. The molecule has 0 saturated heterocycles. The average Bonchev–Trinajstić information content (AvgIpc) is 3.38. The minimum atomic E-state index is -4.71. The van der Waals surface area contributed by atoms with Gasteiger partial charge in [0.05, 0.1) is 29.0 Å². The molecule has 12 heteroatoms. The molecule has 0 fully saturated rings. The molecule has 0 aliphatic carbocycles. The van der Waals surface area contributed by atoms with Gasteiger partial charge in [0, 0.05) is 24.5 Å². The number of aromatic nitrogens is 7. The van der Waals surface area contributed by atoms with Crippen molar-refractivity contribution in [1.29, 1.82) is 0 Å². The van der Waals surface area contributed by atoms with Crippen molar-refractivity contribution in [1.82, 2.24) is 34.6 Å². The van der Waals surface area contributed by atoms with Crippen LogP contribution in [0.1, 0.15) is 34.4 Å². The van der Waals surface area contributed by atoms with E-state index in [9.17, 15) is 18.0 Å². The summed E-state index contributed by atoms with van der Waals surface area (Å²) in [6.45, 7) is 5.89. The number of aromatic amines is 1. The molecule has 0 atom stereocenters. The van der Waals surface area contributed by atoms with Crippen molar-refractivity contribution in [3.63, 3.8) is 0 Å². The number of hydrogen-bond acceptors (Lipinski definition) is 5. The molecule has 9 nitrogen and oxygen atoms in total.